The van der Waals surface area contributed by atoms with Gasteiger partial charge in [0, 0.05) is 11.6 Å². The Labute approximate surface area is 172 Å². The molecule has 1 unspecified atom stereocenters. The van der Waals surface area contributed by atoms with Crippen molar-refractivity contribution in [2.24, 2.45) is 0 Å². The molecule has 0 aliphatic carbocycles. The second-order valence-corrected chi connectivity index (χ2v) is 6.33. The third-order valence-corrected chi connectivity index (χ3v) is 4.15. The van der Waals surface area contributed by atoms with Crippen LogP contribution in [0.15, 0.2) is 72.8 Å². The third-order valence-electron chi connectivity index (χ3n) is 4.15. The van der Waals surface area contributed by atoms with Gasteiger partial charge in [0.2, 0.25) is 0 Å². The first-order valence-electron chi connectivity index (χ1n) is 9.08. The normalized spacial score (nSPS) is 11.2. The van der Waals surface area contributed by atoms with Gasteiger partial charge in [0.15, 0.2) is 6.61 Å². The molecule has 0 saturated heterocycles. The zero-order valence-electron chi connectivity index (χ0n) is 15.8. The van der Waals surface area contributed by atoms with Crippen LogP contribution in [0.25, 0.3) is 0 Å². The summed E-state index contributed by atoms with van der Waals surface area (Å²) in [7, 11) is 0. The van der Waals surface area contributed by atoms with Crippen LogP contribution in [0.4, 0.5) is 8.78 Å². The van der Waals surface area contributed by atoms with Crippen molar-refractivity contribution in [3.05, 3.63) is 95.6 Å². The standard InChI is InChI=1S/C23H18F2N2O3/c24-17-6-11-20(21(25)12-17)22(13-26)27-23(28)15-30-19-9-7-18(8-10-19)29-14-16-4-2-1-3-5-16/h1-12,22H,14-15H2,(H,27,28). The second-order valence-electron chi connectivity index (χ2n) is 6.33. The highest BCUT2D eigenvalue weighted by molar-refractivity contribution is 5.78. The van der Waals surface area contributed by atoms with Gasteiger partial charge < -0.3 is 14.8 Å². The van der Waals surface area contributed by atoms with Crippen LogP contribution in [0.3, 0.4) is 0 Å². The van der Waals surface area contributed by atoms with Gasteiger partial charge in [0.1, 0.15) is 35.8 Å². The summed E-state index contributed by atoms with van der Waals surface area (Å²) in [6, 6.07) is 19.8. The number of carbonyl (C=O) groups is 1. The average Bonchev–Trinajstić information content (AvgIpc) is 2.76. The third kappa shape index (κ3) is 5.79. The van der Waals surface area contributed by atoms with Gasteiger partial charge in [-0.15, -0.1) is 0 Å². The van der Waals surface area contributed by atoms with E-state index >= 15 is 0 Å². The van der Waals surface area contributed by atoms with Crippen LogP contribution < -0.4 is 14.8 Å². The Bertz CT molecular complexity index is 1030. The Morgan fingerprint density at radius 2 is 1.63 bits per heavy atom. The summed E-state index contributed by atoms with van der Waals surface area (Å²) in [5.74, 6) is -1.21. The van der Waals surface area contributed by atoms with Crippen molar-refractivity contribution in [2.75, 3.05) is 6.61 Å². The van der Waals surface area contributed by atoms with Gasteiger partial charge in [-0.3, -0.25) is 4.79 Å². The summed E-state index contributed by atoms with van der Waals surface area (Å²) in [5.41, 5.74) is 0.923. The predicted molar refractivity (Wildman–Crippen MR) is 106 cm³/mol. The fourth-order valence-electron chi connectivity index (χ4n) is 2.64. The smallest absolute Gasteiger partial charge is 0.259 e. The molecule has 3 rings (SSSR count). The van der Waals surface area contributed by atoms with Crippen molar-refractivity contribution in [1.82, 2.24) is 5.32 Å². The molecule has 3 aromatic carbocycles. The lowest BCUT2D eigenvalue weighted by Crippen LogP contribution is -2.32. The number of hydrogen-bond donors (Lipinski definition) is 1. The number of benzene rings is 3. The molecule has 0 spiro atoms. The molecule has 3 aromatic rings. The second kappa shape index (κ2) is 10.0. The summed E-state index contributed by atoms with van der Waals surface area (Å²) < 4.78 is 37.9. The van der Waals surface area contributed by atoms with Gasteiger partial charge in [-0.1, -0.05) is 36.4 Å². The zero-order chi connectivity index (χ0) is 21.3. The molecule has 5 nitrogen and oxygen atoms in total. The first-order valence-corrected chi connectivity index (χ1v) is 9.08. The van der Waals surface area contributed by atoms with Crippen molar-refractivity contribution in [3.8, 4) is 17.6 Å². The summed E-state index contributed by atoms with van der Waals surface area (Å²) in [6.45, 7) is 0.0597. The number of carbonyl (C=O) groups excluding carboxylic acids is 1. The Hall–Kier alpha value is -3.92. The van der Waals surface area contributed by atoms with Crippen LogP contribution in [0.2, 0.25) is 0 Å². The molecular weight excluding hydrogens is 390 g/mol. The number of ether oxygens (including phenoxy) is 2. The molecule has 0 saturated carbocycles. The largest absolute Gasteiger partial charge is 0.489 e. The van der Waals surface area contributed by atoms with E-state index in [0.29, 0.717) is 24.2 Å². The Balaban J connectivity index is 1.49. The van der Waals surface area contributed by atoms with E-state index in [2.05, 4.69) is 5.32 Å². The van der Waals surface area contributed by atoms with Gasteiger partial charge in [-0.2, -0.15) is 5.26 Å². The van der Waals surface area contributed by atoms with Gasteiger partial charge in [0.25, 0.3) is 5.91 Å². The van der Waals surface area contributed by atoms with Crippen molar-refractivity contribution >= 4 is 5.91 Å². The fourth-order valence-corrected chi connectivity index (χ4v) is 2.64. The molecule has 0 heterocycles. The molecule has 1 amide bonds. The Morgan fingerprint density at radius 1 is 0.967 bits per heavy atom. The number of nitrogens with one attached hydrogen (secondary N) is 1. The molecule has 0 radical (unpaired) electrons. The maximum absolute atomic E-state index is 13.8. The minimum absolute atomic E-state index is 0.118. The van der Waals surface area contributed by atoms with E-state index in [1.165, 1.54) is 0 Å². The molecule has 1 N–H and O–H groups in total. The topological polar surface area (TPSA) is 71.4 Å². The Kier molecular flexibility index (Phi) is 6.95. The molecule has 0 bridgehead atoms. The van der Waals surface area contributed by atoms with E-state index in [0.717, 1.165) is 17.7 Å². The van der Waals surface area contributed by atoms with Crippen LogP contribution >= 0.6 is 0 Å². The quantitative estimate of drug-likeness (QED) is 0.603. The number of hydrogen-bond acceptors (Lipinski definition) is 4. The van der Waals surface area contributed by atoms with E-state index in [1.54, 1.807) is 30.3 Å². The van der Waals surface area contributed by atoms with Crippen molar-refractivity contribution < 1.29 is 23.0 Å². The highest BCUT2D eigenvalue weighted by atomic mass is 19.1. The first-order chi connectivity index (χ1) is 14.5. The van der Waals surface area contributed by atoms with E-state index in [9.17, 15) is 18.8 Å². The lowest BCUT2D eigenvalue weighted by molar-refractivity contribution is -0.123. The highest BCUT2D eigenvalue weighted by Crippen LogP contribution is 2.20. The van der Waals surface area contributed by atoms with E-state index in [4.69, 9.17) is 9.47 Å². The number of nitriles is 1. The minimum Gasteiger partial charge on any atom is -0.489 e. The molecule has 30 heavy (non-hydrogen) atoms. The number of halogens is 2. The van der Waals surface area contributed by atoms with E-state index in [-0.39, 0.29) is 12.2 Å². The highest BCUT2D eigenvalue weighted by Gasteiger charge is 2.18. The van der Waals surface area contributed by atoms with Crippen LogP contribution in [0, 0.1) is 23.0 Å². The van der Waals surface area contributed by atoms with Crippen LogP contribution in [0.1, 0.15) is 17.2 Å². The molecule has 152 valence electrons. The van der Waals surface area contributed by atoms with Crippen molar-refractivity contribution in [3.63, 3.8) is 0 Å². The van der Waals surface area contributed by atoms with Gasteiger partial charge in [-0.25, -0.2) is 8.78 Å². The predicted octanol–water partition coefficient (Wildman–Crippen LogP) is 4.30. The SMILES string of the molecule is N#CC(NC(=O)COc1ccc(OCc2ccccc2)cc1)c1ccc(F)cc1F. The molecule has 0 aromatic heterocycles. The summed E-state index contributed by atoms with van der Waals surface area (Å²) in [5, 5.41) is 11.5. The monoisotopic (exact) mass is 408 g/mol. The molecule has 0 aliphatic heterocycles. The summed E-state index contributed by atoms with van der Waals surface area (Å²) in [4.78, 5) is 12.1. The van der Waals surface area contributed by atoms with E-state index < -0.39 is 23.6 Å². The molecule has 0 aliphatic rings. The van der Waals surface area contributed by atoms with Gasteiger partial charge in [-0.05, 0) is 35.9 Å². The molecule has 1 atom stereocenters. The van der Waals surface area contributed by atoms with Crippen molar-refractivity contribution in [1.29, 1.82) is 5.26 Å². The minimum atomic E-state index is -1.25. The average molecular weight is 408 g/mol. The van der Waals surface area contributed by atoms with Crippen LogP contribution in [0.5, 0.6) is 11.5 Å². The van der Waals surface area contributed by atoms with E-state index in [1.807, 2.05) is 30.3 Å². The first kappa shape index (κ1) is 20.8. The molecule has 0 fully saturated rings. The lowest BCUT2D eigenvalue weighted by atomic mass is 10.1. The maximum atomic E-state index is 13.8. The molecular formula is C23H18F2N2O3. The Morgan fingerprint density at radius 3 is 2.27 bits per heavy atom. The lowest BCUT2D eigenvalue weighted by Gasteiger charge is -2.13. The number of rotatable bonds is 8. The maximum Gasteiger partial charge on any atom is 0.259 e. The van der Waals surface area contributed by atoms with Crippen molar-refractivity contribution in [2.45, 2.75) is 12.6 Å². The van der Waals surface area contributed by atoms with Gasteiger partial charge in [0.05, 0.1) is 6.07 Å². The van der Waals surface area contributed by atoms with Crippen LogP contribution in [-0.2, 0) is 11.4 Å². The zero-order valence-corrected chi connectivity index (χ0v) is 15.8. The molecule has 7 heteroatoms. The summed E-state index contributed by atoms with van der Waals surface area (Å²) in [6.07, 6.45) is 0. The number of amides is 1. The van der Waals surface area contributed by atoms with Gasteiger partial charge >= 0.3 is 0 Å². The number of nitrogens with zero attached hydrogens (tertiary/aromatic N) is 1. The van der Waals surface area contributed by atoms with Crippen LogP contribution in [-0.4, -0.2) is 12.5 Å². The summed E-state index contributed by atoms with van der Waals surface area (Å²) >= 11 is 0. The fraction of sp³-hybridized carbons (Fsp3) is 0.130.